The van der Waals surface area contributed by atoms with E-state index in [1.54, 1.807) is 0 Å². The van der Waals surface area contributed by atoms with E-state index < -0.39 is 75.2 Å². The minimum Gasteiger partial charge on any atom is -0.393 e. The van der Waals surface area contributed by atoms with Crippen LogP contribution < -0.4 is 5.32 Å². The average Bonchev–Trinajstić information content (AvgIpc) is 3.11. The Labute approximate surface area is 313 Å². The van der Waals surface area contributed by atoms with Crippen molar-refractivity contribution in [2.75, 3.05) is 6.61 Å². The lowest BCUT2D eigenvalue weighted by molar-refractivity contribution is -0.220. The van der Waals surface area contributed by atoms with Crippen molar-refractivity contribution in [1.82, 2.24) is 5.32 Å². The van der Waals surface area contributed by atoms with E-state index in [1.165, 1.54) is 83.5 Å². The molecule has 0 aromatic rings. The normalized spacial score (nSPS) is 25.0. The van der Waals surface area contributed by atoms with Gasteiger partial charge in [0.1, 0.15) is 36.6 Å². The van der Waals surface area contributed by atoms with E-state index in [-0.39, 0.29) is 12.8 Å². The molecule has 8 atom stereocenters. The van der Waals surface area contributed by atoms with E-state index in [9.17, 15) is 50.0 Å². The number of hydrogen-bond acceptors (Lipinski definition) is 11. The Morgan fingerprint density at radius 2 is 0.962 bits per heavy atom. The van der Waals surface area contributed by atoms with E-state index >= 15 is 0 Å². The molecule has 1 amide bonds. The summed E-state index contributed by atoms with van der Waals surface area (Å²) >= 11 is 0. The molecule has 0 spiro atoms. The summed E-state index contributed by atoms with van der Waals surface area (Å²) in [5, 5.41) is 74.2. The minimum atomic E-state index is -5.10. The predicted molar refractivity (Wildman–Crippen MR) is 201 cm³/mol. The molecule has 0 bridgehead atoms. The molecule has 1 saturated carbocycles. The fourth-order valence-electron chi connectivity index (χ4n) is 6.77. The number of aliphatic hydroxyl groups excluding tert-OH is 7. The summed E-state index contributed by atoms with van der Waals surface area (Å²) in [6.07, 6.45) is 11.8. The standard InChI is InChI=1S/C38H76NO12P/c1-3-5-7-9-11-13-14-15-16-18-20-22-24-26-31(41)30(39-32(42)27-29(40)25-23-21-19-17-12-10-8-6-4-2)28-50-52(48,49)51-38-36(46)34(44)33(43)35(45)37(38)47/h29-31,33-38,40-41,43-47H,3-28H2,1-2H3,(H,39,42)(H,48,49). The summed E-state index contributed by atoms with van der Waals surface area (Å²) in [4.78, 5) is 23.3. The van der Waals surface area contributed by atoms with Gasteiger partial charge in [0.2, 0.25) is 5.91 Å². The lowest BCUT2D eigenvalue weighted by Gasteiger charge is -2.41. The van der Waals surface area contributed by atoms with Crippen molar-refractivity contribution in [2.24, 2.45) is 0 Å². The second-order valence-electron chi connectivity index (χ2n) is 15.0. The van der Waals surface area contributed by atoms with Crippen molar-refractivity contribution < 1.29 is 59.0 Å². The van der Waals surface area contributed by atoms with Gasteiger partial charge < -0.3 is 46.0 Å². The van der Waals surface area contributed by atoms with Crippen LogP contribution in [-0.2, 0) is 18.4 Å². The zero-order valence-corrected chi connectivity index (χ0v) is 33.1. The SMILES string of the molecule is CCCCCCCCCCCCCCCC(O)C(COP(=O)(O)OC1C(O)C(O)C(O)C(O)C1O)NC(=O)CC(O)CCCCCCCCCCC. The molecule has 14 heteroatoms. The summed E-state index contributed by atoms with van der Waals surface area (Å²) in [6.45, 7) is 3.73. The lowest BCUT2D eigenvalue weighted by Crippen LogP contribution is -2.64. The summed E-state index contributed by atoms with van der Waals surface area (Å²) in [6, 6.07) is -1.15. The number of hydrogen-bond donors (Lipinski definition) is 9. The zero-order chi connectivity index (χ0) is 38.8. The Bertz CT molecular complexity index is 916. The fourth-order valence-corrected chi connectivity index (χ4v) is 7.74. The molecule has 52 heavy (non-hydrogen) atoms. The Morgan fingerprint density at radius 1 is 0.596 bits per heavy atom. The van der Waals surface area contributed by atoms with Crippen LogP contribution in [0.15, 0.2) is 0 Å². The first-order valence-corrected chi connectivity index (χ1v) is 22.1. The van der Waals surface area contributed by atoms with Crippen LogP contribution in [-0.4, -0.2) is 108 Å². The number of phosphoric ester groups is 1. The molecule has 1 aliphatic carbocycles. The number of rotatable bonds is 33. The summed E-state index contributed by atoms with van der Waals surface area (Å²) in [5.41, 5.74) is 0. The molecule has 310 valence electrons. The number of amides is 1. The van der Waals surface area contributed by atoms with Gasteiger partial charge in [0.05, 0.1) is 31.3 Å². The van der Waals surface area contributed by atoms with Crippen molar-refractivity contribution in [1.29, 1.82) is 0 Å². The third-order valence-corrected chi connectivity index (χ3v) is 11.2. The molecule has 0 aliphatic heterocycles. The van der Waals surface area contributed by atoms with E-state index in [1.807, 2.05) is 0 Å². The Balaban J connectivity index is 2.60. The zero-order valence-electron chi connectivity index (χ0n) is 32.2. The van der Waals surface area contributed by atoms with Gasteiger partial charge in [-0.05, 0) is 12.8 Å². The number of carbonyl (C=O) groups is 1. The number of phosphoric acid groups is 1. The monoisotopic (exact) mass is 770 g/mol. The molecule has 1 rings (SSSR count). The summed E-state index contributed by atoms with van der Waals surface area (Å²) in [5.74, 6) is -0.562. The molecule has 0 heterocycles. The molecular weight excluding hydrogens is 693 g/mol. The van der Waals surface area contributed by atoms with Crippen LogP contribution in [0.3, 0.4) is 0 Å². The first kappa shape index (κ1) is 49.3. The van der Waals surface area contributed by atoms with Gasteiger partial charge in [-0.15, -0.1) is 0 Å². The van der Waals surface area contributed by atoms with E-state index in [0.29, 0.717) is 12.8 Å². The first-order valence-electron chi connectivity index (χ1n) is 20.6. The van der Waals surface area contributed by atoms with Gasteiger partial charge in [-0.1, -0.05) is 155 Å². The Hall–Kier alpha value is -0.700. The maximum absolute atomic E-state index is 12.9. The molecule has 0 aromatic carbocycles. The van der Waals surface area contributed by atoms with Crippen molar-refractivity contribution in [3.63, 3.8) is 0 Å². The molecule has 9 N–H and O–H groups in total. The third kappa shape index (κ3) is 22.0. The van der Waals surface area contributed by atoms with Crippen LogP contribution in [0.5, 0.6) is 0 Å². The molecule has 0 radical (unpaired) electrons. The van der Waals surface area contributed by atoms with Crippen LogP contribution in [0.1, 0.15) is 174 Å². The van der Waals surface area contributed by atoms with Crippen LogP contribution in [0.25, 0.3) is 0 Å². The van der Waals surface area contributed by atoms with Gasteiger partial charge in [-0.25, -0.2) is 4.57 Å². The maximum atomic E-state index is 12.9. The number of nitrogens with one attached hydrogen (secondary N) is 1. The van der Waals surface area contributed by atoms with Crippen LogP contribution in [0.2, 0.25) is 0 Å². The highest BCUT2D eigenvalue weighted by molar-refractivity contribution is 7.47. The van der Waals surface area contributed by atoms with E-state index in [2.05, 4.69) is 19.2 Å². The quantitative estimate of drug-likeness (QED) is 0.0306. The Kier molecular flexibility index (Phi) is 28.0. The van der Waals surface area contributed by atoms with E-state index in [0.717, 1.165) is 51.4 Å². The smallest absolute Gasteiger partial charge is 0.393 e. The second kappa shape index (κ2) is 29.6. The van der Waals surface area contributed by atoms with Gasteiger partial charge in [-0.2, -0.15) is 0 Å². The third-order valence-electron chi connectivity index (χ3n) is 10.2. The van der Waals surface area contributed by atoms with Crippen LogP contribution in [0.4, 0.5) is 0 Å². The van der Waals surface area contributed by atoms with E-state index in [4.69, 9.17) is 9.05 Å². The van der Waals surface area contributed by atoms with Crippen molar-refractivity contribution in [3.8, 4) is 0 Å². The molecule has 1 aliphatic rings. The fraction of sp³-hybridized carbons (Fsp3) is 0.974. The number of carbonyl (C=O) groups excluding carboxylic acids is 1. The Morgan fingerprint density at radius 3 is 1.38 bits per heavy atom. The highest BCUT2D eigenvalue weighted by Crippen LogP contribution is 2.47. The van der Waals surface area contributed by atoms with Crippen molar-refractivity contribution >= 4 is 13.7 Å². The highest BCUT2D eigenvalue weighted by atomic mass is 31.2. The van der Waals surface area contributed by atoms with Crippen LogP contribution in [0, 0.1) is 0 Å². The van der Waals surface area contributed by atoms with Crippen molar-refractivity contribution in [2.45, 2.75) is 229 Å². The van der Waals surface area contributed by atoms with Gasteiger partial charge >= 0.3 is 7.82 Å². The molecule has 0 saturated heterocycles. The molecule has 8 unspecified atom stereocenters. The molecule has 13 nitrogen and oxygen atoms in total. The second-order valence-corrected chi connectivity index (χ2v) is 16.4. The number of aliphatic hydroxyl groups is 7. The summed E-state index contributed by atoms with van der Waals surface area (Å²) < 4.78 is 22.8. The highest BCUT2D eigenvalue weighted by Gasteiger charge is 2.51. The van der Waals surface area contributed by atoms with Gasteiger partial charge in [0.25, 0.3) is 0 Å². The average molecular weight is 770 g/mol. The van der Waals surface area contributed by atoms with Crippen LogP contribution >= 0.6 is 7.82 Å². The molecule has 1 fully saturated rings. The first-order chi connectivity index (χ1) is 24.8. The topological polar surface area (TPSA) is 226 Å². The summed E-state index contributed by atoms with van der Waals surface area (Å²) in [7, 11) is -5.10. The van der Waals surface area contributed by atoms with Gasteiger partial charge in [0, 0.05) is 0 Å². The van der Waals surface area contributed by atoms with Gasteiger partial charge in [-0.3, -0.25) is 13.8 Å². The number of unbranched alkanes of at least 4 members (excludes halogenated alkanes) is 20. The van der Waals surface area contributed by atoms with Gasteiger partial charge in [0.15, 0.2) is 0 Å². The predicted octanol–water partition coefficient (Wildman–Crippen LogP) is 5.31. The minimum absolute atomic E-state index is 0.217. The molecule has 0 aromatic heterocycles. The largest absolute Gasteiger partial charge is 0.472 e. The van der Waals surface area contributed by atoms with Crippen molar-refractivity contribution in [3.05, 3.63) is 0 Å². The lowest BCUT2D eigenvalue weighted by atomic mass is 9.85. The maximum Gasteiger partial charge on any atom is 0.472 e. The molecular formula is C38H76NO12P.